The smallest absolute Gasteiger partial charge is 0.337 e. The van der Waals surface area contributed by atoms with Crippen LogP contribution in [0, 0.1) is 0 Å². The molecule has 0 saturated heterocycles. The molecule has 6 nitrogen and oxygen atoms in total. The van der Waals surface area contributed by atoms with Crippen molar-refractivity contribution in [3.63, 3.8) is 0 Å². The van der Waals surface area contributed by atoms with Crippen molar-refractivity contribution >= 4 is 29.2 Å². The lowest BCUT2D eigenvalue weighted by Gasteiger charge is -2.05. The van der Waals surface area contributed by atoms with E-state index in [0.29, 0.717) is 5.56 Å². The van der Waals surface area contributed by atoms with E-state index >= 15 is 0 Å². The first-order valence-electron chi connectivity index (χ1n) is 5.17. The van der Waals surface area contributed by atoms with Gasteiger partial charge in [-0.15, -0.1) is 0 Å². The van der Waals surface area contributed by atoms with E-state index in [-0.39, 0.29) is 16.4 Å². The van der Waals surface area contributed by atoms with Crippen LogP contribution in [-0.4, -0.2) is 27.0 Å². The molecule has 19 heavy (non-hydrogen) atoms. The van der Waals surface area contributed by atoms with E-state index in [1.54, 1.807) is 0 Å². The number of carbonyl (C=O) groups is 2. The number of hydrogen-bond donors (Lipinski definition) is 2. The number of anilines is 1. The van der Waals surface area contributed by atoms with Crippen LogP contribution in [0.15, 0.2) is 36.8 Å². The number of aromatic nitrogens is 2. The molecule has 1 amide bonds. The average molecular weight is 278 g/mol. The van der Waals surface area contributed by atoms with Crippen LogP contribution in [0.5, 0.6) is 0 Å². The summed E-state index contributed by atoms with van der Waals surface area (Å²) in [5.74, 6) is -1.54. The number of halogens is 1. The molecule has 0 saturated carbocycles. The number of carboxylic acid groups (broad SMARTS) is 1. The summed E-state index contributed by atoms with van der Waals surface area (Å²) in [5, 5.41) is 11.5. The molecular formula is C12H8ClN3O3. The predicted molar refractivity (Wildman–Crippen MR) is 68.4 cm³/mol. The van der Waals surface area contributed by atoms with Crippen molar-refractivity contribution < 1.29 is 14.7 Å². The Morgan fingerprint density at radius 3 is 2.68 bits per heavy atom. The fraction of sp³-hybridized carbons (Fsp3) is 0. The van der Waals surface area contributed by atoms with Gasteiger partial charge in [-0.05, 0) is 18.2 Å². The summed E-state index contributed by atoms with van der Waals surface area (Å²) in [6, 6.07) is 4.22. The Hall–Kier alpha value is -2.47. The topological polar surface area (TPSA) is 92.2 Å². The monoisotopic (exact) mass is 277 g/mol. The van der Waals surface area contributed by atoms with Crippen LogP contribution in [0.1, 0.15) is 20.7 Å². The van der Waals surface area contributed by atoms with Gasteiger partial charge in [0.1, 0.15) is 5.15 Å². The van der Waals surface area contributed by atoms with Crippen LogP contribution >= 0.6 is 11.6 Å². The largest absolute Gasteiger partial charge is 0.478 e. The molecular weight excluding hydrogens is 270 g/mol. The van der Waals surface area contributed by atoms with Gasteiger partial charge < -0.3 is 10.4 Å². The molecule has 2 heterocycles. The zero-order valence-corrected chi connectivity index (χ0v) is 10.3. The van der Waals surface area contributed by atoms with Crippen molar-refractivity contribution in [1.29, 1.82) is 0 Å². The molecule has 0 aliphatic carbocycles. The number of carbonyl (C=O) groups excluding carboxylic acids is 1. The molecule has 0 aliphatic rings. The maximum atomic E-state index is 11.9. The highest BCUT2D eigenvalue weighted by atomic mass is 35.5. The minimum Gasteiger partial charge on any atom is -0.478 e. The Morgan fingerprint density at radius 1 is 1.21 bits per heavy atom. The molecule has 0 aliphatic heterocycles. The van der Waals surface area contributed by atoms with Crippen molar-refractivity contribution in [1.82, 2.24) is 9.97 Å². The minimum atomic E-state index is -1.12. The van der Waals surface area contributed by atoms with Gasteiger partial charge in [-0.1, -0.05) is 11.6 Å². The van der Waals surface area contributed by atoms with Crippen LogP contribution in [0.4, 0.5) is 5.69 Å². The number of rotatable bonds is 3. The summed E-state index contributed by atoms with van der Waals surface area (Å²) >= 11 is 5.68. The molecule has 0 spiro atoms. The van der Waals surface area contributed by atoms with Crippen molar-refractivity contribution in [2.45, 2.75) is 0 Å². The quantitative estimate of drug-likeness (QED) is 0.838. The van der Waals surface area contributed by atoms with Crippen molar-refractivity contribution in [3.05, 3.63) is 53.1 Å². The Kier molecular flexibility index (Phi) is 3.72. The minimum absolute atomic E-state index is 0.00874. The molecule has 96 valence electrons. The standard InChI is InChI=1S/C12H8ClN3O3/c13-10-4-7(1-2-15-10)11(17)16-9-3-8(12(18)19)5-14-6-9/h1-6H,(H,16,17)(H,18,19). The van der Waals surface area contributed by atoms with Gasteiger partial charge in [0.2, 0.25) is 0 Å². The van der Waals surface area contributed by atoms with Crippen LogP contribution in [0.2, 0.25) is 5.15 Å². The summed E-state index contributed by atoms with van der Waals surface area (Å²) < 4.78 is 0. The molecule has 2 rings (SSSR count). The molecule has 0 bridgehead atoms. The van der Waals surface area contributed by atoms with Crippen molar-refractivity contribution in [2.24, 2.45) is 0 Å². The lowest BCUT2D eigenvalue weighted by atomic mass is 10.2. The van der Waals surface area contributed by atoms with Gasteiger partial charge >= 0.3 is 5.97 Å². The third-order valence-electron chi connectivity index (χ3n) is 2.23. The molecule has 2 N–H and O–H groups in total. The second-order valence-corrected chi connectivity index (χ2v) is 3.98. The first-order chi connectivity index (χ1) is 9.06. The van der Waals surface area contributed by atoms with Gasteiger partial charge in [-0.2, -0.15) is 0 Å². The zero-order valence-electron chi connectivity index (χ0n) is 9.50. The molecule has 0 atom stereocenters. The van der Waals surface area contributed by atoms with Crippen LogP contribution in [-0.2, 0) is 0 Å². The molecule has 2 aromatic heterocycles. The fourth-order valence-electron chi connectivity index (χ4n) is 1.37. The summed E-state index contributed by atoms with van der Waals surface area (Å²) in [7, 11) is 0. The van der Waals surface area contributed by atoms with Gasteiger partial charge in [0.05, 0.1) is 17.4 Å². The third kappa shape index (κ3) is 3.26. The normalized spacial score (nSPS) is 9.95. The van der Waals surface area contributed by atoms with E-state index in [9.17, 15) is 9.59 Å². The van der Waals surface area contributed by atoms with Crippen molar-refractivity contribution in [3.8, 4) is 0 Å². The Balaban J connectivity index is 2.19. The molecule has 0 unspecified atom stereocenters. The number of hydrogen-bond acceptors (Lipinski definition) is 4. The van der Waals surface area contributed by atoms with Crippen LogP contribution < -0.4 is 5.32 Å². The van der Waals surface area contributed by atoms with E-state index < -0.39 is 11.9 Å². The molecule has 0 aromatic carbocycles. The lowest BCUT2D eigenvalue weighted by molar-refractivity contribution is 0.0696. The highest BCUT2D eigenvalue weighted by molar-refractivity contribution is 6.29. The summed E-state index contributed by atoms with van der Waals surface area (Å²) in [6.07, 6.45) is 3.96. The van der Waals surface area contributed by atoms with Gasteiger partial charge in [0.15, 0.2) is 0 Å². The summed E-state index contributed by atoms with van der Waals surface area (Å²) in [5.41, 5.74) is 0.601. The first kappa shape index (κ1) is 13.0. The maximum absolute atomic E-state index is 11.9. The van der Waals surface area contributed by atoms with E-state index in [4.69, 9.17) is 16.7 Å². The number of nitrogens with one attached hydrogen (secondary N) is 1. The number of carboxylic acids is 1. The molecule has 0 fully saturated rings. The highest BCUT2D eigenvalue weighted by Crippen LogP contribution is 2.12. The number of nitrogens with zero attached hydrogens (tertiary/aromatic N) is 2. The molecule has 2 aromatic rings. The summed E-state index contributed by atoms with van der Waals surface area (Å²) in [6.45, 7) is 0. The van der Waals surface area contributed by atoms with Crippen LogP contribution in [0.3, 0.4) is 0 Å². The fourth-order valence-corrected chi connectivity index (χ4v) is 1.55. The SMILES string of the molecule is O=C(O)c1cncc(NC(=O)c2ccnc(Cl)c2)c1. The lowest BCUT2D eigenvalue weighted by Crippen LogP contribution is -2.12. The van der Waals surface area contributed by atoms with E-state index in [2.05, 4.69) is 15.3 Å². The van der Waals surface area contributed by atoms with Gasteiger partial charge in [0.25, 0.3) is 5.91 Å². The number of aromatic carboxylic acids is 1. The predicted octanol–water partition coefficient (Wildman–Crippen LogP) is 2.08. The summed E-state index contributed by atoms with van der Waals surface area (Å²) in [4.78, 5) is 30.1. The maximum Gasteiger partial charge on any atom is 0.337 e. The average Bonchev–Trinajstić information content (AvgIpc) is 2.39. The van der Waals surface area contributed by atoms with Crippen LogP contribution in [0.25, 0.3) is 0 Å². The van der Waals surface area contributed by atoms with E-state index in [0.717, 1.165) is 0 Å². The van der Waals surface area contributed by atoms with Gasteiger partial charge in [0, 0.05) is 18.0 Å². The highest BCUT2D eigenvalue weighted by Gasteiger charge is 2.09. The Labute approximate surface area is 113 Å². The third-order valence-corrected chi connectivity index (χ3v) is 2.44. The first-order valence-corrected chi connectivity index (χ1v) is 5.55. The van der Waals surface area contributed by atoms with Gasteiger partial charge in [-0.25, -0.2) is 9.78 Å². The molecule has 0 radical (unpaired) electrons. The second kappa shape index (κ2) is 5.45. The Morgan fingerprint density at radius 2 is 2.00 bits per heavy atom. The van der Waals surface area contributed by atoms with Gasteiger partial charge in [-0.3, -0.25) is 9.78 Å². The van der Waals surface area contributed by atoms with Crippen molar-refractivity contribution in [2.75, 3.05) is 5.32 Å². The van der Waals surface area contributed by atoms with E-state index in [1.807, 2.05) is 0 Å². The Bertz CT molecular complexity index is 646. The number of amides is 1. The molecule has 7 heteroatoms. The second-order valence-electron chi connectivity index (χ2n) is 3.59. The zero-order chi connectivity index (χ0) is 13.8. The van der Waals surface area contributed by atoms with E-state index in [1.165, 1.54) is 36.8 Å². The number of pyridine rings is 2.